The summed E-state index contributed by atoms with van der Waals surface area (Å²) in [4.78, 5) is 11.8. The molecule has 0 spiro atoms. The van der Waals surface area contributed by atoms with Crippen molar-refractivity contribution in [1.29, 1.82) is 0 Å². The number of para-hydroxylation sites is 1. The van der Waals surface area contributed by atoms with E-state index in [-0.39, 0.29) is 5.97 Å². The van der Waals surface area contributed by atoms with Crippen molar-refractivity contribution in [1.82, 2.24) is 0 Å². The maximum atomic E-state index is 11.8. The predicted octanol–water partition coefficient (Wildman–Crippen LogP) is 3.89. The Hall–Kier alpha value is -2.00. The Morgan fingerprint density at radius 1 is 1.15 bits per heavy atom. The summed E-state index contributed by atoms with van der Waals surface area (Å²) in [6.45, 7) is 0. The van der Waals surface area contributed by atoms with Crippen molar-refractivity contribution in [2.75, 3.05) is 7.11 Å². The molecule has 104 valence electrons. The molecule has 2 aromatic carbocycles. The van der Waals surface area contributed by atoms with Crippen LogP contribution >= 0.6 is 11.6 Å². The quantitative estimate of drug-likeness (QED) is 0.619. The van der Waals surface area contributed by atoms with Gasteiger partial charge in [-0.1, -0.05) is 35.9 Å². The molecule has 0 atom stereocenters. The van der Waals surface area contributed by atoms with E-state index in [1.54, 1.807) is 31.4 Å². The molecule has 2 aromatic rings. The summed E-state index contributed by atoms with van der Waals surface area (Å²) >= 11 is 5.93. The molecule has 0 heterocycles. The molecular weight excluding hydrogens is 276 g/mol. The SMILES string of the molecule is COc1cccc(CCC(=O)Oc2ccccc2Cl)c1. The van der Waals surface area contributed by atoms with E-state index in [9.17, 15) is 4.79 Å². The van der Waals surface area contributed by atoms with Gasteiger partial charge >= 0.3 is 5.97 Å². The fourth-order valence-corrected chi connectivity index (χ4v) is 1.95. The first-order valence-electron chi connectivity index (χ1n) is 6.27. The lowest BCUT2D eigenvalue weighted by atomic mass is 10.1. The number of ether oxygens (including phenoxy) is 2. The first kappa shape index (κ1) is 14.4. The largest absolute Gasteiger partial charge is 0.497 e. The maximum Gasteiger partial charge on any atom is 0.311 e. The highest BCUT2D eigenvalue weighted by molar-refractivity contribution is 6.32. The molecule has 20 heavy (non-hydrogen) atoms. The second-order valence-electron chi connectivity index (χ2n) is 4.26. The van der Waals surface area contributed by atoms with Gasteiger partial charge in [-0.05, 0) is 36.2 Å². The number of rotatable bonds is 5. The molecule has 0 aliphatic heterocycles. The zero-order valence-electron chi connectivity index (χ0n) is 11.1. The first-order chi connectivity index (χ1) is 9.69. The Bertz CT molecular complexity index is 596. The van der Waals surface area contributed by atoms with Gasteiger partial charge in [0.15, 0.2) is 0 Å². The second-order valence-corrected chi connectivity index (χ2v) is 4.66. The van der Waals surface area contributed by atoms with Crippen LogP contribution < -0.4 is 9.47 Å². The molecule has 0 radical (unpaired) electrons. The first-order valence-corrected chi connectivity index (χ1v) is 6.65. The summed E-state index contributed by atoms with van der Waals surface area (Å²) in [6, 6.07) is 14.5. The number of carbonyl (C=O) groups is 1. The van der Waals surface area contributed by atoms with Crippen LogP contribution in [0.15, 0.2) is 48.5 Å². The fourth-order valence-electron chi connectivity index (χ4n) is 1.78. The van der Waals surface area contributed by atoms with E-state index in [1.165, 1.54) is 0 Å². The molecular formula is C16H15ClO3. The molecule has 0 aromatic heterocycles. The zero-order valence-corrected chi connectivity index (χ0v) is 11.9. The minimum atomic E-state index is -0.305. The molecule has 4 heteroatoms. The minimum Gasteiger partial charge on any atom is -0.497 e. The highest BCUT2D eigenvalue weighted by atomic mass is 35.5. The van der Waals surface area contributed by atoms with Gasteiger partial charge in [-0.25, -0.2) is 0 Å². The van der Waals surface area contributed by atoms with E-state index >= 15 is 0 Å². The van der Waals surface area contributed by atoms with Crippen molar-refractivity contribution in [3.8, 4) is 11.5 Å². The van der Waals surface area contributed by atoms with Gasteiger partial charge in [0.05, 0.1) is 12.1 Å². The number of halogens is 1. The lowest BCUT2D eigenvalue weighted by Gasteiger charge is -2.06. The van der Waals surface area contributed by atoms with Crippen molar-refractivity contribution < 1.29 is 14.3 Å². The van der Waals surface area contributed by atoms with Gasteiger partial charge in [0.1, 0.15) is 11.5 Å². The smallest absolute Gasteiger partial charge is 0.311 e. The highest BCUT2D eigenvalue weighted by Gasteiger charge is 2.08. The van der Waals surface area contributed by atoms with Gasteiger partial charge in [-0.2, -0.15) is 0 Å². The topological polar surface area (TPSA) is 35.5 Å². The summed E-state index contributed by atoms with van der Waals surface area (Å²) in [5, 5.41) is 0.433. The normalized spacial score (nSPS) is 10.1. The molecule has 0 aliphatic rings. The molecule has 0 saturated carbocycles. The van der Waals surface area contributed by atoms with Crippen LogP contribution in [-0.4, -0.2) is 13.1 Å². The average molecular weight is 291 g/mol. The molecule has 2 rings (SSSR count). The average Bonchev–Trinajstić information content (AvgIpc) is 2.48. The molecule has 0 unspecified atom stereocenters. The highest BCUT2D eigenvalue weighted by Crippen LogP contribution is 2.23. The Morgan fingerprint density at radius 3 is 2.70 bits per heavy atom. The van der Waals surface area contributed by atoms with Crippen molar-refractivity contribution in [3.05, 3.63) is 59.1 Å². The Kier molecular flexibility index (Phi) is 5.02. The monoisotopic (exact) mass is 290 g/mol. The molecule has 0 bridgehead atoms. The number of hydrogen-bond donors (Lipinski definition) is 0. The van der Waals surface area contributed by atoms with Crippen LogP contribution in [-0.2, 0) is 11.2 Å². The lowest BCUT2D eigenvalue weighted by molar-refractivity contribution is -0.134. The summed E-state index contributed by atoms with van der Waals surface area (Å²) < 4.78 is 10.4. The van der Waals surface area contributed by atoms with Gasteiger partial charge in [0, 0.05) is 6.42 Å². The number of aryl methyl sites for hydroxylation is 1. The third-order valence-electron chi connectivity index (χ3n) is 2.81. The van der Waals surface area contributed by atoms with Crippen LogP contribution in [0.3, 0.4) is 0 Å². The Morgan fingerprint density at radius 2 is 1.95 bits per heavy atom. The van der Waals surface area contributed by atoms with Gasteiger partial charge in [-0.15, -0.1) is 0 Å². The Balaban J connectivity index is 1.90. The van der Waals surface area contributed by atoms with E-state index in [0.29, 0.717) is 23.6 Å². The van der Waals surface area contributed by atoms with Gasteiger partial charge in [0.25, 0.3) is 0 Å². The standard InChI is InChI=1S/C16H15ClO3/c1-19-13-6-4-5-12(11-13)9-10-16(18)20-15-8-3-2-7-14(15)17/h2-8,11H,9-10H2,1H3. The second kappa shape index (κ2) is 6.96. The minimum absolute atomic E-state index is 0.290. The number of methoxy groups -OCH3 is 1. The van der Waals surface area contributed by atoms with Crippen molar-refractivity contribution in [3.63, 3.8) is 0 Å². The van der Waals surface area contributed by atoms with Crippen LogP contribution in [0, 0.1) is 0 Å². The van der Waals surface area contributed by atoms with Crippen LogP contribution in [0.25, 0.3) is 0 Å². The molecule has 3 nitrogen and oxygen atoms in total. The number of esters is 1. The number of benzene rings is 2. The van der Waals surface area contributed by atoms with Gasteiger partial charge in [0.2, 0.25) is 0 Å². The Labute approximate surface area is 123 Å². The summed E-state index contributed by atoms with van der Waals surface area (Å²) in [5.41, 5.74) is 1.03. The van der Waals surface area contributed by atoms with E-state index in [0.717, 1.165) is 11.3 Å². The third kappa shape index (κ3) is 4.00. The maximum absolute atomic E-state index is 11.8. The van der Waals surface area contributed by atoms with Crippen molar-refractivity contribution in [2.45, 2.75) is 12.8 Å². The molecule has 0 aliphatic carbocycles. The molecule has 0 N–H and O–H groups in total. The van der Waals surface area contributed by atoms with E-state index < -0.39 is 0 Å². The van der Waals surface area contributed by atoms with Crippen LogP contribution in [0.2, 0.25) is 5.02 Å². The fraction of sp³-hybridized carbons (Fsp3) is 0.188. The van der Waals surface area contributed by atoms with E-state index in [4.69, 9.17) is 21.1 Å². The zero-order chi connectivity index (χ0) is 14.4. The summed E-state index contributed by atoms with van der Waals surface area (Å²) in [6.07, 6.45) is 0.888. The number of carbonyl (C=O) groups excluding carboxylic acids is 1. The predicted molar refractivity (Wildman–Crippen MR) is 78.4 cm³/mol. The van der Waals surface area contributed by atoms with Crippen LogP contribution in [0.5, 0.6) is 11.5 Å². The third-order valence-corrected chi connectivity index (χ3v) is 3.12. The number of hydrogen-bond acceptors (Lipinski definition) is 3. The van der Waals surface area contributed by atoms with Gasteiger partial charge in [-0.3, -0.25) is 4.79 Å². The lowest BCUT2D eigenvalue weighted by Crippen LogP contribution is -2.09. The molecule has 0 fully saturated rings. The van der Waals surface area contributed by atoms with Crippen LogP contribution in [0.4, 0.5) is 0 Å². The molecule has 0 amide bonds. The van der Waals surface area contributed by atoms with Crippen molar-refractivity contribution >= 4 is 17.6 Å². The summed E-state index contributed by atoms with van der Waals surface area (Å²) in [7, 11) is 1.62. The summed E-state index contributed by atoms with van der Waals surface area (Å²) in [5.74, 6) is 0.868. The van der Waals surface area contributed by atoms with E-state index in [1.807, 2.05) is 24.3 Å². The van der Waals surface area contributed by atoms with Crippen molar-refractivity contribution in [2.24, 2.45) is 0 Å². The van der Waals surface area contributed by atoms with Crippen LogP contribution in [0.1, 0.15) is 12.0 Å². The molecule has 0 saturated heterocycles. The van der Waals surface area contributed by atoms with E-state index in [2.05, 4.69) is 0 Å². The van der Waals surface area contributed by atoms with Gasteiger partial charge < -0.3 is 9.47 Å².